The molecule has 8 heteroatoms. The number of aromatic nitrogens is 1. The molecule has 0 amide bonds. The Morgan fingerprint density at radius 1 is 1.25 bits per heavy atom. The molecule has 0 saturated carbocycles. The summed E-state index contributed by atoms with van der Waals surface area (Å²) in [7, 11) is 3.29. The molecule has 2 aromatic heterocycles. The summed E-state index contributed by atoms with van der Waals surface area (Å²) in [5.74, 6) is -1.30. The van der Waals surface area contributed by atoms with Crippen LogP contribution >= 0.6 is 0 Å². The van der Waals surface area contributed by atoms with Crippen LogP contribution in [0.25, 0.3) is 5.52 Å². The van der Waals surface area contributed by atoms with Crippen molar-refractivity contribution in [3.63, 3.8) is 0 Å². The molecule has 7 nitrogen and oxygen atoms in total. The molecule has 128 valence electrons. The number of pyridine rings is 2. The van der Waals surface area contributed by atoms with Gasteiger partial charge in [0, 0.05) is 39.4 Å². The maximum atomic E-state index is 14.0. The second-order valence-corrected chi connectivity index (χ2v) is 5.96. The average Bonchev–Trinajstić information content (AvgIpc) is 2.54. The molecule has 0 radical (unpaired) electrons. The standard InChI is InChI=1S/C16H19FN4O3/c1-18-5-7-20(8-6-18)13-9-11-3-4-12(16(23)24)15(22)21(11)10-14(13)19(2)17/h3-4,9-10H,5-8H2,1-2H3,(H,23,24). The van der Waals surface area contributed by atoms with Crippen LogP contribution < -0.4 is 15.6 Å². The van der Waals surface area contributed by atoms with E-state index in [9.17, 15) is 14.1 Å². The number of aromatic carboxylic acids is 1. The molecule has 1 aliphatic rings. The number of carbonyl (C=O) groups is 1. The first-order valence-corrected chi connectivity index (χ1v) is 7.64. The highest BCUT2D eigenvalue weighted by Crippen LogP contribution is 2.31. The van der Waals surface area contributed by atoms with Gasteiger partial charge in [-0.15, -0.1) is 4.48 Å². The van der Waals surface area contributed by atoms with Crippen LogP contribution in [-0.2, 0) is 0 Å². The van der Waals surface area contributed by atoms with Gasteiger partial charge in [0.25, 0.3) is 5.56 Å². The normalized spacial score (nSPS) is 15.7. The maximum Gasteiger partial charge on any atom is 0.341 e. The summed E-state index contributed by atoms with van der Waals surface area (Å²) in [6, 6.07) is 4.57. The Balaban J connectivity index is 2.16. The van der Waals surface area contributed by atoms with E-state index in [0.717, 1.165) is 26.2 Å². The molecule has 3 rings (SSSR count). The third kappa shape index (κ3) is 2.80. The maximum absolute atomic E-state index is 14.0. The molecular weight excluding hydrogens is 315 g/mol. The van der Waals surface area contributed by atoms with Crippen LogP contribution in [0.15, 0.2) is 29.2 Å². The average molecular weight is 334 g/mol. The SMILES string of the molecule is CN1CCN(c2cc3ccc(C(=O)O)c(=O)n3cc2N(C)F)CC1. The molecule has 2 aromatic rings. The molecule has 0 bridgehead atoms. The van der Waals surface area contributed by atoms with Crippen molar-refractivity contribution in [2.75, 3.05) is 50.3 Å². The van der Waals surface area contributed by atoms with Gasteiger partial charge in [0.2, 0.25) is 0 Å². The molecular formula is C16H19FN4O3. The molecule has 1 fully saturated rings. The van der Waals surface area contributed by atoms with Crippen LogP contribution in [0.2, 0.25) is 0 Å². The number of hydrogen-bond acceptors (Lipinski definition) is 5. The zero-order valence-corrected chi connectivity index (χ0v) is 13.6. The Morgan fingerprint density at radius 2 is 1.92 bits per heavy atom. The fraction of sp³-hybridized carbons (Fsp3) is 0.375. The molecule has 0 spiro atoms. The molecule has 1 saturated heterocycles. The van der Waals surface area contributed by atoms with Crippen molar-refractivity contribution in [1.82, 2.24) is 9.30 Å². The van der Waals surface area contributed by atoms with Crippen molar-refractivity contribution < 1.29 is 14.4 Å². The van der Waals surface area contributed by atoms with E-state index in [2.05, 4.69) is 9.80 Å². The predicted molar refractivity (Wildman–Crippen MR) is 89.8 cm³/mol. The van der Waals surface area contributed by atoms with Crippen molar-refractivity contribution in [3.8, 4) is 0 Å². The van der Waals surface area contributed by atoms with E-state index in [-0.39, 0.29) is 11.3 Å². The topological polar surface area (TPSA) is 68.5 Å². The summed E-state index contributed by atoms with van der Waals surface area (Å²) >= 11 is 0. The number of nitrogens with zero attached hydrogens (tertiary/aromatic N) is 4. The first-order chi connectivity index (χ1) is 11.4. The van der Waals surface area contributed by atoms with Crippen LogP contribution in [0.5, 0.6) is 0 Å². The summed E-state index contributed by atoms with van der Waals surface area (Å²) in [6.45, 7) is 3.24. The van der Waals surface area contributed by atoms with Crippen LogP contribution in [0.4, 0.5) is 15.9 Å². The molecule has 0 atom stereocenters. The third-order valence-corrected chi connectivity index (χ3v) is 4.35. The minimum Gasteiger partial charge on any atom is -0.477 e. The second kappa shape index (κ2) is 6.12. The van der Waals surface area contributed by atoms with Crippen molar-refractivity contribution in [3.05, 3.63) is 40.3 Å². The van der Waals surface area contributed by atoms with Gasteiger partial charge in [0.05, 0.1) is 11.2 Å². The second-order valence-electron chi connectivity index (χ2n) is 5.96. The van der Waals surface area contributed by atoms with Gasteiger partial charge in [-0.1, -0.05) is 0 Å². The lowest BCUT2D eigenvalue weighted by Crippen LogP contribution is -2.44. The number of piperazine rings is 1. The number of anilines is 2. The molecule has 3 heterocycles. The first kappa shape index (κ1) is 16.3. The quantitative estimate of drug-likeness (QED) is 0.847. The lowest BCUT2D eigenvalue weighted by Gasteiger charge is -2.35. The third-order valence-electron chi connectivity index (χ3n) is 4.35. The molecule has 1 N–H and O–H groups in total. The number of carboxylic acids is 1. The van der Waals surface area contributed by atoms with E-state index >= 15 is 0 Å². The zero-order chi connectivity index (χ0) is 17.4. The van der Waals surface area contributed by atoms with Gasteiger partial charge in [0.1, 0.15) is 11.3 Å². The molecule has 0 aliphatic carbocycles. The highest BCUT2D eigenvalue weighted by molar-refractivity contribution is 5.88. The fourth-order valence-electron chi connectivity index (χ4n) is 2.92. The number of likely N-dealkylation sites (N-methyl/N-ethyl adjacent to an activating group) is 1. The summed E-state index contributed by atoms with van der Waals surface area (Å²) in [5.41, 5.74) is 0.442. The van der Waals surface area contributed by atoms with Gasteiger partial charge in [0.15, 0.2) is 0 Å². The van der Waals surface area contributed by atoms with Crippen molar-refractivity contribution in [1.29, 1.82) is 0 Å². The minimum atomic E-state index is -1.30. The number of halogens is 1. The van der Waals surface area contributed by atoms with Gasteiger partial charge in [-0.05, 0) is 25.2 Å². The van der Waals surface area contributed by atoms with Crippen LogP contribution in [0.1, 0.15) is 10.4 Å². The Kier molecular flexibility index (Phi) is 4.15. The monoisotopic (exact) mass is 334 g/mol. The van der Waals surface area contributed by atoms with E-state index in [4.69, 9.17) is 5.11 Å². The summed E-state index contributed by atoms with van der Waals surface area (Å²) in [4.78, 5) is 27.7. The zero-order valence-electron chi connectivity index (χ0n) is 13.6. The predicted octanol–water partition coefficient (Wildman–Crippen LogP) is 1.07. The number of carboxylic acid groups (broad SMARTS) is 1. The Morgan fingerprint density at radius 3 is 2.50 bits per heavy atom. The van der Waals surface area contributed by atoms with Crippen LogP contribution in [0, 0.1) is 0 Å². The molecule has 1 aliphatic heterocycles. The van der Waals surface area contributed by atoms with Gasteiger partial charge in [-0.2, -0.15) is 0 Å². The Bertz CT molecular complexity index is 841. The molecule has 0 aromatic carbocycles. The fourth-order valence-corrected chi connectivity index (χ4v) is 2.92. The van der Waals surface area contributed by atoms with E-state index < -0.39 is 11.5 Å². The van der Waals surface area contributed by atoms with Gasteiger partial charge < -0.3 is 14.9 Å². The number of fused-ring (bicyclic) bond motifs is 1. The van der Waals surface area contributed by atoms with Crippen molar-refractivity contribution in [2.45, 2.75) is 0 Å². The van der Waals surface area contributed by atoms with Gasteiger partial charge >= 0.3 is 5.97 Å². The van der Waals surface area contributed by atoms with Crippen LogP contribution in [-0.4, -0.2) is 60.7 Å². The summed E-state index contributed by atoms with van der Waals surface area (Å²) < 4.78 is 15.2. The highest BCUT2D eigenvalue weighted by atomic mass is 19.2. The van der Waals surface area contributed by atoms with Crippen molar-refractivity contribution in [2.24, 2.45) is 0 Å². The Hall–Kier alpha value is -2.61. The van der Waals surface area contributed by atoms with E-state index in [1.165, 1.54) is 23.7 Å². The van der Waals surface area contributed by atoms with E-state index in [0.29, 0.717) is 16.3 Å². The van der Waals surface area contributed by atoms with E-state index in [1.54, 1.807) is 12.1 Å². The largest absolute Gasteiger partial charge is 0.477 e. The number of hydrogen-bond donors (Lipinski definition) is 1. The smallest absolute Gasteiger partial charge is 0.341 e. The van der Waals surface area contributed by atoms with Gasteiger partial charge in [-0.25, -0.2) is 9.92 Å². The molecule has 24 heavy (non-hydrogen) atoms. The summed E-state index contributed by atoms with van der Waals surface area (Å²) in [6.07, 6.45) is 1.36. The van der Waals surface area contributed by atoms with E-state index in [1.807, 2.05) is 7.05 Å². The Labute approximate surface area is 138 Å². The minimum absolute atomic E-state index is 0.233. The molecule has 0 unspecified atom stereocenters. The van der Waals surface area contributed by atoms with Crippen LogP contribution in [0.3, 0.4) is 0 Å². The lowest BCUT2D eigenvalue weighted by molar-refractivity contribution is 0.0695. The highest BCUT2D eigenvalue weighted by Gasteiger charge is 2.21. The first-order valence-electron chi connectivity index (χ1n) is 7.64. The van der Waals surface area contributed by atoms with Gasteiger partial charge in [-0.3, -0.25) is 9.20 Å². The number of rotatable bonds is 3. The summed E-state index contributed by atoms with van der Waals surface area (Å²) in [5, 5.41) is 9.53. The lowest BCUT2D eigenvalue weighted by atomic mass is 10.2. The van der Waals surface area contributed by atoms with Crippen molar-refractivity contribution >= 4 is 22.9 Å².